The van der Waals surface area contributed by atoms with Crippen molar-refractivity contribution in [1.82, 2.24) is 0 Å². The molecule has 1 aromatic carbocycles. The van der Waals surface area contributed by atoms with Crippen LogP contribution in [0, 0.1) is 5.92 Å². The fourth-order valence-electron chi connectivity index (χ4n) is 1.34. The maximum absolute atomic E-state index is 12.3. The van der Waals surface area contributed by atoms with Crippen LogP contribution in [0.3, 0.4) is 0 Å². The number of aliphatic hydroxyl groups excluding tert-OH is 1. The average Bonchev–Trinajstić information content (AvgIpc) is 2.17. The Labute approximate surface area is 86.5 Å². The number of benzene rings is 1. The van der Waals surface area contributed by atoms with E-state index in [9.17, 15) is 13.2 Å². The molecule has 0 heterocycles. The molecule has 1 rings (SSSR count). The van der Waals surface area contributed by atoms with Gasteiger partial charge in [0.1, 0.15) is 0 Å². The minimum atomic E-state index is -4.29. The van der Waals surface area contributed by atoms with Gasteiger partial charge in [0.2, 0.25) is 0 Å². The van der Waals surface area contributed by atoms with Gasteiger partial charge in [-0.15, -0.1) is 0 Å². The third-order valence-corrected chi connectivity index (χ3v) is 2.15. The minimum absolute atomic E-state index is 0.0176. The number of alkyl halides is 3. The molecule has 0 bridgehead atoms. The quantitative estimate of drug-likeness (QED) is 0.827. The number of aliphatic hydroxyl groups is 1. The molecule has 0 aromatic heterocycles. The second kappa shape index (κ2) is 4.66. The average molecular weight is 218 g/mol. The monoisotopic (exact) mass is 218 g/mol. The van der Waals surface area contributed by atoms with E-state index in [2.05, 4.69) is 0 Å². The zero-order valence-electron chi connectivity index (χ0n) is 8.38. The lowest BCUT2D eigenvalue weighted by atomic mass is 10.0. The third-order valence-electron chi connectivity index (χ3n) is 2.15. The maximum atomic E-state index is 12.3. The van der Waals surface area contributed by atoms with E-state index < -0.39 is 11.7 Å². The van der Waals surface area contributed by atoms with Crippen molar-refractivity contribution < 1.29 is 18.3 Å². The largest absolute Gasteiger partial charge is 0.416 e. The van der Waals surface area contributed by atoms with Gasteiger partial charge in [-0.1, -0.05) is 25.1 Å². The van der Waals surface area contributed by atoms with Crippen LogP contribution >= 0.6 is 0 Å². The van der Waals surface area contributed by atoms with Gasteiger partial charge in [-0.3, -0.25) is 0 Å². The minimum Gasteiger partial charge on any atom is -0.396 e. The number of rotatable bonds is 3. The highest BCUT2D eigenvalue weighted by molar-refractivity contribution is 5.25. The first-order chi connectivity index (χ1) is 6.93. The van der Waals surface area contributed by atoms with Gasteiger partial charge in [-0.05, 0) is 24.0 Å². The van der Waals surface area contributed by atoms with Crippen molar-refractivity contribution in [2.45, 2.75) is 19.5 Å². The number of hydrogen-bond donors (Lipinski definition) is 1. The van der Waals surface area contributed by atoms with E-state index in [-0.39, 0.29) is 12.5 Å². The van der Waals surface area contributed by atoms with Crippen molar-refractivity contribution in [3.63, 3.8) is 0 Å². The van der Waals surface area contributed by atoms with E-state index in [0.29, 0.717) is 12.0 Å². The summed E-state index contributed by atoms with van der Waals surface area (Å²) in [5.41, 5.74) is -0.0310. The summed E-state index contributed by atoms with van der Waals surface area (Å²) in [5, 5.41) is 8.80. The number of halogens is 3. The molecule has 0 radical (unpaired) electrons. The van der Waals surface area contributed by atoms with Gasteiger partial charge >= 0.3 is 6.18 Å². The highest BCUT2D eigenvalue weighted by Gasteiger charge is 2.30. The first-order valence-electron chi connectivity index (χ1n) is 4.70. The van der Waals surface area contributed by atoms with Gasteiger partial charge in [0.25, 0.3) is 0 Å². The highest BCUT2D eigenvalue weighted by atomic mass is 19.4. The standard InChI is InChI=1S/C11H13F3O/c1-8(7-15)5-9-3-2-4-10(6-9)11(12,13)14/h2-4,6,8,15H,5,7H2,1H3/t8-/m1/s1. The Morgan fingerprint density at radius 2 is 2.00 bits per heavy atom. The van der Waals surface area contributed by atoms with Crippen LogP contribution in [0.4, 0.5) is 13.2 Å². The van der Waals surface area contributed by atoms with Crippen molar-refractivity contribution >= 4 is 0 Å². The second-order valence-electron chi connectivity index (χ2n) is 3.69. The number of hydrogen-bond acceptors (Lipinski definition) is 1. The SMILES string of the molecule is C[C@@H](CO)Cc1cccc(C(F)(F)F)c1. The van der Waals surface area contributed by atoms with E-state index in [4.69, 9.17) is 5.11 Å². The van der Waals surface area contributed by atoms with Crippen molar-refractivity contribution in [3.8, 4) is 0 Å². The molecule has 0 saturated heterocycles. The molecule has 0 aliphatic carbocycles. The Morgan fingerprint density at radius 3 is 2.53 bits per heavy atom. The first kappa shape index (κ1) is 12.0. The Balaban J connectivity index is 2.84. The summed E-state index contributed by atoms with van der Waals surface area (Å²) in [5.74, 6) is -0.0199. The zero-order valence-corrected chi connectivity index (χ0v) is 8.38. The molecule has 0 fully saturated rings. The summed E-state index contributed by atoms with van der Waals surface area (Å²) in [4.78, 5) is 0. The molecule has 0 aliphatic rings. The molecule has 1 nitrogen and oxygen atoms in total. The topological polar surface area (TPSA) is 20.2 Å². The van der Waals surface area contributed by atoms with E-state index in [1.165, 1.54) is 6.07 Å². The Kier molecular flexibility index (Phi) is 3.74. The lowest BCUT2D eigenvalue weighted by Gasteiger charge is -2.11. The van der Waals surface area contributed by atoms with Crippen LogP contribution in [0.5, 0.6) is 0 Å². The molecule has 0 amide bonds. The summed E-state index contributed by atoms with van der Waals surface area (Å²) >= 11 is 0. The lowest BCUT2D eigenvalue weighted by Crippen LogP contribution is -2.08. The lowest BCUT2D eigenvalue weighted by molar-refractivity contribution is -0.137. The van der Waals surface area contributed by atoms with E-state index in [1.54, 1.807) is 13.0 Å². The van der Waals surface area contributed by atoms with Crippen LogP contribution in [0.2, 0.25) is 0 Å². The molecule has 0 unspecified atom stereocenters. The van der Waals surface area contributed by atoms with Crippen LogP contribution < -0.4 is 0 Å². The van der Waals surface area contributed by atoms with Gasteiger partial charge < -0.3 is 5.11 Å². The molecule has 0 saturated carbocycles. The molecule has 1 atom stereocenters. The summed E-state index contributed by atoms with van der Waals surface area (Å²) < 4.78 is 37.0. The van der Waals surface area contributed by atoms with Gasteiger partial charge in [0, 0.05) is 6.61 Å². The molecule has 1 N–H and O–H groups in total. The summed E-state index contributed by atoms with van der Waals surface area (Å²) in [6, 6.07) is 5.21. The predicted octanol–water partition coefficient (Wildman–Crippen LogP) is 2.88. The second-order valence-corrected chi connectivity index (χ2v) is 3.69. The first-order valence-corrected chi connectivity index (χ1v) is 4.70. The van der Waals surface area contributed by atoms with Gasteiger partial charge in [-0.25, -0.2) is 0 Å². The van der Waals surface area contributed by atoms with E-state index in [0.717, 1.165) is 12.1 Å². The van der Waals surface area contributed by atoms with Crippen molar-refractivity contribution in [2.24, 2.45) is 5.92 Å². The van der Waals surface area contributed by atoms with Gasteiger partial charge in [0.05, 0.1) is 5.56 Å². The summed E-state index contributed by atoms with van der Waals surface area (Å²) in [6.45, 7) is 1.77. The fraction of sp³-hybridized carbons (Fsp3) is 0.455. The highest BCUT2D eigenvalue weighted by Crippen LogP contribution is 2.29. The van der Waals surface area contributed by atoms with Crippen LogP contribution in [0.15, 0.2) is 24.3 Å². The molecule has 84 valence electrons. The molecule has 15 heavy (non-hydrogen) atoms. The predicted molar refractivity (Wildman–Crippen MR) is 51.4 cm³/mol. The van der Waals surface area contributed by atoms with E-state index >= 15 is 0 Å². The summed E-state index contributed by atoms with van der Waals surface area (Å²) in [7, 11) is 0. The molecular formula is C11H13F3O. The molecule has 4 heteroatoms. The van der Waals surface area contributed by atoms with Crippen molar-refractivity contribution in [3.05, 3.63) is 35.4 Å². The summed E-state index contributed by atoms with van der Waals surface area (Å²) in [6.07, 6.45) is -3.83. The van der Waals surface area contributed by atoms with Crippen LogP contribution in [-0.4, -0.2) is 11.7 Å². The molecule has 1 aromatic rings. The normalized spacial score (nSPS) is 13.9. The third kappa shape index (κ3) is 3.55. The van der Waals surface area contributed by atoms with Crippen LogP contribution in [0.25, 0.3) is 0 Å². The van der Waals surface area contributed by atoms with Crippen molar-refractivity contribution in [1.29, 1.82) is 0 Å². The molecule has 0 aliphatic heterocycles. The van der Waals surface area contributed by atoms with Gasteiger partial charge in [-0.2, -0.15) is 13.2 Å². The fourth-order valence-corrected chi connectivity index (χ4v) is 1.34. The van der Waals surface area contributed by atoms with Gasteiger partial charge in [0.15, 0.2) is 0 Å². The van der Waals surface area contributed by atoms with Crippen LogP contribution in [0.1, 0.15) is 18.1 Å². The smallest absolute Gasteiger partial charge is 0.396 e. The maximum Gasteiger partial charge on any atom is 0.416 e. The zero-order chi connectivity index (χ0) is 11.5. The van der Waals surface area contributed by atoms with Crippen LogP contribution in [-0.2, 0) is 12.6 Å². The Bertz CT molecular complexity index is 320. The van der Waals surface area contributed by atoms with E-state index in [1.807, 2.05) is 0 Å². The Hall–Kier alpha value is -1.03. The molecule has 0 spiro atoms. The Morgan fingerprint density at radius 1 is 1.33 bits per heavy atom. The van der Waals surface area contributed by atoms with Crippen molar-refractivity contribution in [2.75, 3.05) is 6.61 Å². The molecular weight excluding hydrogens is 205 g/mol.